The van der Waals surface area contributed by atoms with Crippen molar-refractivity contribution in [1.29, 1.82) is 0 Å². The summed E-state index contributed by atoms with van der Waals surface area (Å²) in [4.78, 5) is 16.6. The summed E-state index contributed by atoms with van der Waals surface area (Å²) in [5.41, 5.74) is 1.20. The number of anilines is 1. The Kier molecular flexibility index (Phi) is 7.24. The number of aliphatic imine (C=N–C) groups is 1. The largest absolute Gasteiger partial charge is 0.497 e. The van der Waals surface area contributed by atoms with E-state index in [1.165, 1.54) is 18.2 Å². The first-order valence-corrected chi connectivity index (χ1v) is 11.2. The highest BCUT2D eigenvalue weighted by Crippen LogP contribution is 2.17. The standard InChI is InChI=1S/C22H25N3O4S/c1-29-19-9-5-7-17(15-19)12-13-22(26)24-18-8-6-10-20(16-18)30(27,28)25-21-11-3-2-4-14-23-21/h5-10,12-13,15-16H,2-4,11,14H2,1H3,(H,23,25)(H,24,26). The van der Waals surface area contributed by atoms with Crippen molar-refractivity contribution in [3.63, 3.8) is 0 Å². The number of nitrogens with one attached hydrogen (secondary N) is 2. The first kappa shape index (κ1) is 21.6. The number of amidine groups is 1. The molecule has 158 valence electrons. The molecule has 0 aliphatic carbocycles. The van der Waals surface area contributed by atoms with Gasteiger partial charge in [-0.05, 0) is 54.8 Å². The lowest BCUT2D eigenvalue weighted by Gasteiger charge is -2.11. The summed E-state index contributed by atoms with van der Waals surface area (Å²) in [5.74, 6) is 0.817. The summed E-state index contributed by atoms with van der Waals surface area (Å²) < 4.78 is 33.1. The molecule has 1 aliphatic heterocycles. The Morgan fingerprint density at radius 3 is 2.77 bits per heavy atom. The second kappa shape index (κ2) is 10.1. The van der Waals surface area contributed by atoms with E-state index in [-0.39, 0.29) is 10.8 Å². The highest BCUT2D eigenvalue weighted by atomic mass is 32.2. The Morgan fingerprint density at radius 2 is 1.93 bits per heavy atom. The SMILES string of the molecule is COc1cccc(C=CC(=O)Nc2cccc(S(=O)(=O)NC3=NCCCCC3)c2)c1. The molecule has 0 fully saturated rings. The Morgan fingerprint density at radius 1 is 1.10 bits per heavy atom. The van der Waals surface area contributed by atoms with Crippen LogP contribution in [0.4, 0.5) is 5.69 Å². The van der Waals surface area contributed by atoms with Crippen LogP contribution in [-0.4, -0.2) is 33.8 Å². The minimum atomic E-state index is -3.76. The Bertz CT molecular complexity index is 1060. The summed E-state index contributed by atoms with van der Waals surface area (Å²) in [5, 5.41) is 2.69. The number of hydrogen-bond donors (Lipinski definition) is 2. The van der Waals surface area contributed by atoms with Crippen LogP contribution >= 0.6 is 0 Å². The van der Waals surface area contributed by atoms with E-state index in [1.807, 2.05) is 18.2 Å². The molecule has 0 aromatic heterocycles. The molecule has 30 heavy (non-hydrogen) atoms. The zero-order valence-corrected chi connectivity index (χ0v) is 17.6. The van der Waals surface area contributed by atoms with E-state index in [9.17, 15) is 13.2 Å². The summed E-state index contributed by atoms with van der Waals surface area (Å²) in [6.07, 6.45) is 6.58. The number of carbonyl (C=O) groups is 1. The van der Waals surface area contributed by atoms with Gasteiger partial charge in [0.05, 0.1) is 12.0 Å². The van der Waals surface area contributed by atoms with E-state index in [2.05, 4.69) is 15.0 Å². The average molecular weight is 428 g/mol. The molecule has 1 amide bonds. The first-order chi connectivity index (χ1) is 14.5. The fraction of sp³-hybridized carbons (Fsp3) is 0.273. The maximum Gasteiger partial charge on any atom is 0.262 e. The molecule has 0 saturated carbocycles. The molecule has 2 N–H and O–H groups in total. The molecule has 7 nitrogen and oxygen atoms in total. The topological polar surface area (TPSA) is 96.9 Å². The number of nitrogens with zero attached hydrogens (tertiary/aromatic N) is 1. The van der Waals surface area contributed by atoms with Gasteiger partial charge in [0.1, 0.15) is 11.6 Å². The van der Waals surface area contributed by atoms with E-state index in [0.717, 1.165) is 24.8 Å². The molecule has 2 aromatic rings. The van der Waals surface area contributed by atoms with Crippen molar-refractivity contribution < 1.29 is 17.9 Å². The van der Waals surface area contributed by atoms with Gasteiger partial charge in [-0.2, -0.15) is 0 Å². The number of sulfonamides is 1. The van der Waals surface area contributed by atoms with Gasteiger partial charge in [0.15, 0.2) is 0 Å². The van der Waals surface area contributed by atoms with Crippen LogP contribution in [0.3, 0.4) is 0 Å². The minimum absolute atomic E-state index is 0.0732. The number of methoxy groups -OCH3 is 1. The van der Waals surface area contributed by atoms with Crippen LogP contribution in [-0.2, 0) is 14.8 Å². The van der Waals surface area contributed by atoms with Crippen molar-refractivity contribution in [2.75, 3.05) is 19.0 Å². The van der Waals surface area contributed by atoms with Gasteiger partial charge in [-0.25, -0.2) is 8.42 Å². The van der Waals surface area contributed by atoms with E-state index >= 15 is 0 Å². The minimum Gasteiger partial charge on any atom is -0.497 e. The van der Waals surface area contributed by atoms with Crippen molar-refractivity contribution in [1.82, 2.24) is 4.72 Å². The van der Waals surface area contributed by atoms with Gasteiger partial charge in [0, 0.05) is 24.7 Å². The molecule has 0 radical (unpaired) electrons. The van der Waals surface area contributed by atoms with Crippen molar-refractivity contribution in [3.05, 3.63) is 60.2 Å². The van der Waals surface area contributed by atoms with Crippen LogP contribution in [0.5, 0.6) is 5.75 Å². The maximum absolute atomic E-state index is 12.7. The van der Waals surface area contributed by atoms with E-state index in [0.29, 0.717) is 30.2 Å². The fourth-order valence-electron chi connectivity index (χ4n) is 3.01. The fourth-order valence-corrected chi connectivity index (χ4v) is 4.15. The molecular weight excluding hydrogens is 402 g/mol. The maximum atomic E-state index is 12.7. The van der Waals surface area contributed by atoms with E-state index < -0.39 is 10.0 Å². The summed E-state index contributed by atoms with van der Waals surface area (Å²) in [7, 11) is -2.18. The third-order valence-corrected chi connectivity index (χ3v) is 5.94. The molecule has 0 unspecified atom stereocenters. The summed E-state index contributed by atoms with van der Waals surface area (Å²) in [6.45, 7) is 0.633. The lowest BCUT2D eigenvalue weighted by Crippen LogP contribution is -2.30. The molecule has 8 heteroatoms. The monoisotopic (exact) mass is 427 g/mol. The predicted octanol–water partition coefficient (Wildman–Crippen LogP) is 3.60. The second-order valence-electron chi connectivity index (χ2n) is 6.87. The lowest BCUT2D eigenvalue weighted by molar-refractivity contribution is -0.111. The van der Waals surface area contributed by atoms with Gasteiger partial charge >= 0.3 is 0 Å². The quantitative estimate of drug-likeness (QED) is 0.689. The van der Waals surface area contributed by atoms with Gasteiger partial charge in [0.2, 0.25) is 5.91 Å². The Balaban J connectivity index is 1.67. The van der Waals surface area contributed by atoms with Gasteiger partial charge < -0.3 is 10.1 Å². The number of hydrogen-bond acceptors (Lipinski definition) is 5. The first-order valence-electron chi connectivity index (χ1n) is 9.75. The highest BCUT2D eigenvalue weighted by Gasteiger charge is 2.17. The van der Waals surface area contributed by atoms with Crippen LogP contribution in [0.1, 0.15) is 31.2 Å². The third-order valence-electron chi connectivity index (χ3n) is 4.56. The van der Waals surface area contributed by atoms with Crippen LogP contribution in [0.25, 0.3) is 6.08 Å². The van der Waals surface area contributed by atoms with Gasteiger partial charge in [0.25, 0.3) is 10.0 Å². The van der Waals surface area contributed by atoms with Crippen LogP contribution in [0.15, 0.2) is 64.5 Å². The van der Waals surface area contributed by atoms with Crippen molar-refractivity contribution in [3.8, 4) is 5.75 Å². The number of amides is 1. The van der Waals surface area contributed by atoms with Crippen LogP contribution < -0.4 is 14.8 Å². The summed E-state index contributed by atoms with van der Waals surface area (Å²) >= 11 is 0. The molecule has 2 aromatic carbocycles. The molecule has 0 spiro atoms. The third kappa shape index (κ3) is 6.18. The zero-order chi connectivity index (χ0) is 21.4. The smallest absolute Gasteiger partial charge is 0.262 e. The normalized spacial score (nSPS) is 14.6. The van der Waals surface area contributed by atoms with Crippen molar-refractivity contribution in [2.45, 2.75) is 30.6 Å². The highest BCUT2D eigenvalue weighted by molar-refractivity contribution is 7.90. The van der Waals surface area contributed by atoms with Crippen molar-refractivity contribution in [2.24, 2.45) is 4.99 Å². The Hall–Kier alpha value is -3.13. The number of ether oxygens (including phenoxy) is 1. The summed E-state index contributed by atoms with van der Waals surface area (Å²) in [6, 6.07) is 13.4. The molecule has 0 atom stereocenters. The second-order valence-corrected chi connectivity index (χ2v) is 8.55. The van der Waals surface area contributed by atoms with E-state index in [4.69, 9.17) is 4.74 Å². The van der Waals surface area contributed by atoms with E-state index in [1.54, 1.807) is 31.4 Å². The average Bonchev–Trinajstić information content (AvgIpc) is 3.01. The molecule has 0 saturated heterocycles. The van der Waals surface area contributed by atoms with Crippen LogP contribution in [0, 0.1) is 0 Å². The van der Waals surface area contributed by atoms with Crippen molar-refractivity contribution >= 4 is 33.5 Å². The molecule has 0 bridgehead atoms. The molecular formula is C22H25N3O4S. The van der Waals surface area contributed by atoms with Gasteiger partial charge in [-0.3, -0.25) is 14.5 Å². The zero-order valence-electron chi connectivity index (χ0n) is 16.8. The number of rotatable bonds is 6. The number of benzene rings is 2. The van der Waals surface area contributed by atoms with Gasteiger partial charge in [-0.15, -0.1) is 0 Å². The predicted molar refractivity (Wildman–Crippen MR) is 118 cm³/mol. The molecule has 1 aliphatic rings. The van der Waals surface area contributed by atoms with Crippen LogP contribution in [0.2, 0.25) is 0 Å². The number of carbonyl (C=O) groups excluding carboxylic acids is 1. The Labute approximate surface area is 176 Å². The molecule has 3 rings (SSSR count). The lowest BCUT2D eigenvalue weighted by atomic mass is 10.2. The molecule has 1 heterocycles. The van der Waals surface area contributed by atoms with Gasteiger partial charge in [-0.1, -0.05) is 24.6 Å².